The molecule has 1 atom stereocenters. The summed E-state index contributed by atoms with van der Waals surface area (Å²) in [4.78, 5) is 10.7. The molecule has 2 heterocycles. The van der Waals surface area contributed by atoms with Gasteiger partial charge in [-0.3, -0.25) is 4.21 Å². The van der Waals surface area contributed by atoms with Gasteiger partial charge in [-0.05, 0) is 24.4 Å². The lowest BCUT2D eigenvalue weighted by Crippen LogP contribution is -2.41. The van der Waals surface area contributed by atoms with E-state index in [9.17, 15) is 8.76 Å². The fourth-order valence-corrected chi connectivity index (χ4v) is 4.00. The summed E-state index contributed by atoms with van der Waals surface area (Å²) in [6.45, 7) is 2.83. The molecule has 0 spiro atoms. The van der Waals surface area contributed by atoms with Crippen molar-refractivity contribution in [3.8, 4) is 0 Å². The summed E-state index contributed by atoms with van der Waals surface area (Å²) < 4.78 is 27.6. The van der Waals surface area contributed by atoms with Gasteiger partial charge >= 0.3 is 0 Å². The first kappa shape index (κ1) is 15.1. The van der Waals surface area contributed by atoms with Crippen LogP contribution in [0.5, 0.6) is 0 Å². The molecule has 0 amide bonds. The Morgan fingerprint density at radius 3 is 2.67 bits per heavy atom. The Morgan fingerprint density at radius 2 is 2.10 bits per heavy atom. The standard InChI is InChI=1S/C13H18ClN3O3S/c14-12-15-10(13(2-1-3-13)9-21(18)19)8-11(16-12)17-4-6-20-7-5-17/h8H,1-7,9H2,(H,18,19)/p-1. The van der Waals surface area contributed by atoms with Crippen LogP contribution in [0.1, 0.15) is 25.0 Å². The van der Waals surface area contributed by atoms with Crippen LogP contribution in [-0.4, -0.2) is 50.8 Å². The van der Waals surface area contributed by atoms with E-state index < -0.39 is 11.1 Å². The van der Waals surface area contributed by atoms with Gasteiger partial charge in [0, 0.05) is 30.3 Å². The number of anilines is 1. The molecule has 8 heteroatoms. The topological polar surface area (TPSA) is 78.4 Å². The first-order valence-corrected chi connectivity index (χ1v) is 8.65. The van der Waals surface area contributed by atoms with E-state index in [-0.39, 0.29) is 16.5 Å². The van der Waals surface area contributed by atoms with Gasteiger partial charge in [0.15, 0.2) is 0 Å². The third-order valence-electron chi connectivity index (χ3n) is 4.27. The van der Waals surface area contributed by atoms with Gasteiger partial charge in [-0.2, -0.15) is 0 Å². The van der Waals surface area contributed by atoms with Crippen molar-refractivity contribution in [1.82, 2.24) is 9.97 Å². The highest BCUT2D eigenvalue weighted by atomic mass is 35.5. The SMILES string of the molecule is O=S([O-])CC1(c2cc(N3CCOCC3)nc(Cl)n2)CCC1. The fourth-order valence-electron chi connectivity index (χ4n) is 2.94. The lowest BCUT2D eigenvalue weighted by atomic mass is 9.68. The number of aromatic nitrogens is 2. The third-order valence-corrected chi connectivity index (χ3v) is 5.23. The van der Waals surface area contributed by atoms with E-state index >= 15 is 0 Å². The van der Waals surface area contributed by atoms with Crippen LogP contribution in [-0.2, 0) is 21.2 Å². The average molecular weight is 331 g/mol. The highest BCUT2D eigenvalue weighted by Crippen LogP contribution is 2.44. The first-order valence-electron chi connectivity index (χ1n) is 7.03. The molecule has 116 valence electrons. The number of rotatable bonds is 4. The maximum absolute atomic E-state index is 11.1. The van der Waals surface area contributed by atoms with E-state index in [0.29, 0.717) is 13.2 Å². The van der Waals surface area contributed by atoms with Crippen molar-refractivity contribution in [3.63, 3.8) is 0 Å². The van der Waals surface area contributed by atoms with E-state index in [1.54, 1.807) is 0 Å². The summed E-state index contributed by atoms with van der Waals surface area (Å²) in [6, 6.07) is 1.89. The number of hydrogen-bond donors (Lipinski definition) is 0. The summed E-state index contributed by atoms with van der Waals surface area (Å²) in [5, 5.41) is 0.178. The van der Waals surface area contributed by atoms with E-state index in [0.717, 1.165) is 43.9 Å². The third kappa shape index (κ3) is 3.21. The largest absolute Gasteiger partial charge is 0.772 e. The van der Waals surface area contributed by atoms with Gasteiger partial charge in [0.2, 0.25) is 5.28 Å². The number of ether oxygens (including phenoxy) is 1. The summed E-state index contributed by atoms with van der Waals surface area (Å²) in [6.07, 6.45) is 2.68. The van der Waals surface area contributed by atoms with Gasteiger partial charge in [-0.25, -0.2) is 9.97 Å². The molecule has 1 aliphatic heterocycles. The minimum absolute atomic E-state index is 0.100. The molecule has 1 unspecified atom stereocenters. The van der Waals surface area contributed by atoms with Crippen molar-refractivity contribution in [2.75, 3.05) is 37.0 Å². The Labute approximate surface area is 131 Å². The van der Waals surface area contributed by atoms with E-state index in [1.165, 1.54) is 0 Å². The molecule has 3 rings (SSSR count). The highest BCUT2D eigenvalue weighted by Gasteiger charge is 2.41. The Kier molecular flexibility index (Phi) is 4.44. The van der Waals surface area contributed by atoms with Crippen molar-refractivity contribution in [2.45, 2.75) is 24.7 Å². The van der Waals surface area contributed by atoms with Crippen LogP contribution in [0.2, 0.25) is 5.28 Å². The predicted octanol–water partition coefficient (Wildman–Crippen LogP) is 1.27. The number of morpholine rings is 1. The first-order chi connectivity index (χ1) is 10.1. The molecular weight excluding hydrogens is 314 g/mol. The van der Waals surface area contributed by atoms with Gasteiger partial charge in [0.25, 0.3) is 0 Å². The van der Waals surface area contributed by atoms with Gasteiger partial charge in [-0.15, -0.1) is 0 Å². The summed E-state index contributed by atoms with van der Waals surface area (Å²) in [5.74, 6) is 0.861. The fraction of sp³-hybridized carbons (Fsp3) is 0.692. The number of nitrogens with zero attached hydrogens (tertiary/aromatic N) is 3. The van der Waals surface area contributed by atoms with Crippen molar-refractivity contribution >= 4 is 28.5 Å². The van der Waals surface area contributed by atoms with E-state index in [1.807, 2.05) is 6.07 Å². The minimum Gasteiger partial charge on any atom is -0.772 e. The van der Waals surface area contributed by atoms with E-state index in [4.69, 9.17) is 16.3 Å². The summed E-state index contributed by atoms with van der Waals surface area (Å²) in [7, 11) is 0. The second-order valence-corrected chi connectivity index (χ2v) is 6.80. The highest BCUT2D eigenvalue weighted by molar-refractivity contribution is 7.79. The minimum atomic E-state index is -2.09. The molecule has 1 aromatic rings. The average Bonchev–Trinajstić information content (AvgIpc) is 2.43. The van der Waals surface area contributed by atoms with Crippen LogP contribution in [0.25, 0.3) is 0 Å². The van der Waals surface area contributed by atoms with Gasteiger partial charge in [0.05, 0.1) is 18.9 Å². The monoisotopic (exact) mass is 330 g/mol. The molecule has 0 bridgehead atoms. The van der Waals surface area contributed by atoms with Crippen LogP contribution in [0.4, 0.5) is 5.82 Å². The van der Waals surface area contributed by atoms with Crippen molar-refractivity contribution < 1.29 is 13.5 Å². The van der Waals surface area contributed by atoms with Crippen molar-refractivity contribution in [2.24, 2.45) is 0 Å². The molecule has 0 N–H and O–H groups in total. The van der Waals surface area contributed by atoms with Gasteiger partial charge in [-0.1, -0.05) is 17.5 Å². The lowest BCUT2D eigenvalue weighted by molar-refractivity contribution is 0.122. The normalized spacial score (nSPS) is 22.7. The molecule has 1 aliphatic carbocycles. The van der Waals surface area contributed by atoms with Crippen LogP contribution < -0.4 is 4.90 Å². The van der Waals surface area contributed by atoms with E-state index in [2.05, 4.69) is 14.9 Å². The second-order valence-electron chi connectivity index (χ2n) is 5.56. The Balaban J connectivity index is 1.91. The molecule has 6 nitrogen and oxygen atoms in total. The van der Waals surface area contributed by atoms with Crippen molar-refractivity contribution in [1.29, 1.82) is 0 Å². The molecule has 2 aliphatic rings. The summed E-state index contributed by atoms with van der Waals surface area (Å²) >= 11 is 3.97. The number of hydrogen-bond acceptors (Lipinski definition) is 6. The zero-order chi connectivity index (χ0) is 14.9. The Hall–Kier alpha value is -0.760. The molecule has 2 fully saturated rings. The maximum Gasteiger partial charge on any atom is 0.224 e. The molecule has 0 aromatic carbocycles. The zero-order valence-corrected chi connectivity index (χ0v) is 13.2. The molecule has 1 saturated heterocycles. The second kappa shape index (κ2) is 6.16. The smallest absolute Gasteiger partial charge is 0.224 e. The van der Waals surface area contributed by atoms with Crippen LogP contribution >= 0.6 is 11.6 Å². The quantitative estimate of drug-likeness (QED) is 0.611. The predicted molar refractivity (Wildman–Crippen MR) is 79.4 cm³/mol. The van der Waals surface area contributed by atoms with Gasteiger partial charge < -0.3 is 14.2 Å². The molecule has 21 heavy (non-hydrogen) atoms. The van der Waals surface area contributed by atoms with Crippen LogP contribution in [0.15, 0.2) is 6.07 Å². The Bertz CT molecular complexity index is 547. The maximum atomic E-state index is 11.1. The number of halogens is 1. The van der Waals surface area contributed by atoms with Gasteiger partial charge in [0.1, 0.15) is 5.82 Å². The Morgan fingerprint density at radius 1 is 1.38 bits per heavy atom. The van der Waals surface area contributed by atoms with Crippen molar-refractivity contribution in [3.05, 3.63) is 17.0 Å². The zero-order valence-electron chi connectivity index (χ0n) is 11.6. The molecule has 0 radical (unpaired) electrons. The van der Waals surface area contributed by atoms with Crippen LogP contribution in [0.3, 0.4) is 0 Å². The summed E-state index contributed by atoms with van der Waals surface area (Å²) in [5.41, 5.74) is 0.361. The lowest BCUT2D eigenvalue weighted by Gasteiger charge is -2.42. The molecule has 1 saturated carbocycles. The molecule has 1 aromatic heterocycles. The molecular formula is C13H17ClN3O3S-. The van der Waals surface area contributed by atoms with Crippen LogP contribution in [0, 0.1) is 0 Å².